The lowest BCUT2D eigenvalue weighted by molar-refractivity contribution is -0.891. The number of hydrogen-bond donors (Lipinski definition) is 0. The van der Waals surface area contributed by atoms with E-state index >= 15 is 0 Å². The van der Waals surface area contributed by atoms with Gasteiger partial charge in [0.05, 0.1) is 90.3 Å². The van der Waals surface area contributed by atoms with Gasteiger partial charge in [-0.05, 0) is 124 Å². The summed E-state index contributed by atoms with van der Waals surface area (Å²) in [5.41, 5.74) is 3.34. The van der Waals surface area contributed by atoms with Gasteiger partial charge < -0.3 is 18.4 Å². The number of quaternary nitrogens is 2. The number of benzene rings is 4. The van der Waals surface area contributed by atoms with Gasteiger partial charge in [-0.1, -0.05) is 36.4 Å². The minimum Gasteiger partial charge on any atom is -0.494 e. The van der Waals surface area contributed by atoms with Crippen molar-refractivity contribution < 1.29 is 18.4 Å². The van der Waals surface area contributed by atoms with Gasteiger partial charge in [-0.15, -0.1) is 0 Å². The second-order valence-electron chi connectivity index (χ2n) is 14.4. The molecule has 4 rings (SSSR count). The van der Waals surface area contributed by atoms with Crippen molar-refractivity contribution in [2.45, 2.75) is 51.4 Å². The largest absolute Gasteiger partial charge is 0.494 e. The van der Waals surface area contributed by atoms with Crippen LogP contribution in [0.1, 0.15) is 51.4 Å². The van der Waals surface area contributed by atoms with E-state index in [9.17, 15) is 0 Å². The Morgan fingerprint density at radius 1 is 0.360 bits per heavy atom. The summed E-state index contributed by atoms with van der Waals surface area (Å²) in [6.07, 6.45) is 9.66. The molecule has 0 spiro atoms. The minimum atomic E-state index is 0.740. The first-order valence-corrected chi connectivity index (χ1v) is 18.3. The fourth-order valence-electron chi connectivity index (χ4n) is 5.76. The molecule has 8 nitrogen and oxygen atoms in total. The number of ether oxygens (including phenoxy) is 2. The summed E-state index contributed by atoms with van der Waals surface area (Å²) in [6.45, 7) is 6.31. The number of rotatable bonds is 23. The Bertz CT molecular complexity index is 1420. The normalized spacial score (nSPS) is 12.2. The zero-order valence-electron chi connectivity index (χ0n) is 30.8. The summed E-state index contributed by atoms with van der Waals surface area (Å²) in [5, 5.41) is 17.1. The van der Waals surface area contributed by atoms with Crippen molar-refractivity contribution in [2.24, 2.45) is 20.5 Å². The Kier molecular flexibility index (Phi) is 16.1. The van der Waals surface area contributed by atoms with Crippen molar-refractivity contribution in [2.75, 3.05) is 67.6 Å². The Balaban J connectivity index is 0.972. The van der Waals surface area contributed by atoms with Crippen LogP contribution in [0.5, 0.6) is 11.5 Å². The number of hydrogen-bond acceptors (Lipinski definition) is 6. The van der Waals surface area contributed by atoms with Gasteiger partial charge in [0, 0.05) is 0 Å². The zero-order valence-corrected chi connectivity index (χ0v) is 30.8. The molecule has 8 heteroatoms. The minimum absolute atomic E-state index is 0.740. The van der Waals surface area contributed by atoms with Gasteiger partial charge in [0.15, 0.2) is 0 Å². The molecule has 0 heterocycles. The summed E-state index contributed by atoms with van der Waals surface area (Å²) in [6, 6.07) is 35.2. The standard InChI is InChI=1S/C42H58N6O2/c1-47(2,33-15-17-35-49-41-27-23-39(24-28-41)45-43-37-19-9-7-10-20-37)31-13-5-6-14-32-48(3,4)34-16-18-36-50-42-29-25-40(26-30-42)46-44-38-21-11-8-12-22-38/h7-12,19-30H,5-6,13-18,31-36H2,1-4H3/q+2. The maximum atomic E-state index is 5.98. The molecule has 0 radical (unpaired) electrons. The van der Waals surface area contributed by atoms with E-state index in [4.69, 9.17) is 9.47 Å². The van der Waals surface area contributed by atoms with Crippen LogP contribution in [0.25, 0.3) is 0 Å². The Morgan fingerprint density at radius 2 is 0.660 bits per heavy atom. The summed E-state index contributed by atoms with van der Waals surface area (Å²) >= 11 is 0. The molecule has 4 aromatic rings. The van der Waals surface area contributed by atoms with E-state index in [2.05, 4.69) is 48.6 Å². The molecule has 0 atom stereocenters. The second-order valence-corrected chi connectivity index (χ2v) is 14.4. The van der Waals surface area contributed by atoms with E-state index in [0.29, 0.717) is 0 Å². The number of azo groups is 2. The quantitative estimate of drug-likeness (QED) is 0.0445. The van der Waals surface area contributed by atoms with E-state index in [1.54, 1.807) is 0 Å². The van der Waals surface area contributed by atoms with Gasteiger partial charge in [0.1, 0.15) is 11.5 Å². The molecule has 0 amide bonds. The van der Waals surface area contributed by atoms with Crippen LogP contribution in [0.2, 0.25) is 0 Å². The first-order chi connectivity index (χ1) is 24.3. The molecule has 4 aromatic carbocycles. The van der Waals surface area contributed by atoms with Crippen molar-refractivity contribution in [3.8, 4) is 11.5 Å². The third kappa shape index (κ3) is 15.9. The Morgan fingerprint density at radius 3 is 1.00 bits per heavy atom. The van der Waals surface area contributed by atoms with E-state index < -0.39 is 0 Å². The number of unbranched alkanes of at least 4 members (excludes halogenated alkanes) is 5. The summed E-state index contributed by atoms with van der Waals surface area (Å²) < 4.78 is 14.1. The van der Waals surface area contributed by atoms with Gasteiger partial charge in [-0.25, -0.2) is 0 Å². The van der Waals surface area contributed by atoms with Crippen LogP contribution in [0, 0.1) is 0 Å². The smallest absolute Gasteiger partial charge is 0.119 e. The van der Waals surface area contributed by atoms with E-state index in [1.807, 2.05) is 109 Å². The first kappa shape index (κ1) is 38.4. The first-order valence-electron chi connectivity index (χ1n) is 18.3. The van der Waals surface area contributed by atoms with Crippen molar-refractivity contribution >= 4 is 22.7 Å². The van der Waals surface area contributed by atoms with Crippen molar-refractivity contribution in [3.05, 3.63) is 109 Å². The third-order valence-corrected chi connectivity index (χ3v) is 8.88. The maximum absolute atomic E-state index is 5.98. The molecule has 0 unspecified atom stereocenters. The topological polar surface area (TPSA) is 67.9 Å². The monoisotopic (exact) mass is 678 g/mol. The highest BCUT2D eigenvalue weighted by molar-refractivity contribution is 5.43. The van der Waals surface area contributed by atoms with Crippen LogP contribution in [0.3, 0.4) is 0 Å². The molecule has 0 N–H and O–H groups in total. The van der Waals surface area contributed by atoms with Crippen LogP contribution < -0.4 is 9.47 Å². The molecule has 266 valence electrons. The fourth-order valence-corrected chi connectivity index (χ4v) is 5.76. The van der Waals surface area contributed by atoms with Crippen molar-refractivity contribution in [1.29, 1.82) is 0 Å². The van der Waals surface area contributed by atoms with Gasteiger partial charge >= 0.3 is 0 Å². The van der Waals surface area contributed by atoms with Crippen molar-refractivity contribution in [1.82, 2.24) is 0 Å². The highest BCUT2D eigenvalue weighted by Gasteiger charge is 2.16. The van der Waals surface area contributed by atoms with Gasteiger partial charge in [0.2, 0.25) is 0 Å². The SMILES string of the molecule is C[N+](C)(CCCCCC[N+](C)(C)CCCCOc1ccc(N=Nc2ccccc2)cc1)CCCCOc1ccc(N=Nc2ccccc2)cc1. The van der Waals surface area contributed by atoms with Crippen LogP contribution in [-0.2, 0) is 0 Å². The lowest BCUT2D eigenvalue weighted by atomic mass is 10.1. The average molecular weight is 679 g/mol. The summed E-state index contributed by atoms with van der Waals surface area (Å²) in [5.74, 6) is 1.77. The molecule has 50 heavy (non-hydrogen) atoms. The maximum Gasteiger partial charge on any atom is 0.119 e. The predicted molar refractivity (Wildman–Crippen MR) is 206 cm³/mol. The van der Waals surface area contributed by atoms with Gasteiger partial charge in [-0.3, -0.25) is 0 Å². The molecule has 0 saturated carbocycles. The molecule has 0 saturated heterocycles. The van der Waals surface area contributed by atoms with Crippen LogP contribution in [0.15, 0.2) is 130 Å². The molecule has 0 bridgehead atoms. The molecule has 0 fully saturated rings. The molecular formula is C42H58N6O2+2. The van der Waals surface area contributed by atoms with E-state index in [1.165, 1.54) is 64.7 Å². The lowest BCUT2D eigenvalue weighted by Gasteiger charge is -2.31. The molecule has 0 aliphatic heterocycles. The third-order valence-electron chi connectivity index (χ3n) is 8.88. The highest BCUT2D eigenvalue weighted by Crippen LogP contribution is 2.23. The molecular weight excluding hydrogens is 621 g/mol. The number of nitrogens with zero attached hydrogens (tertiary/aromatic N) is 6. The van der Waals surface area contributed by atoms with Gasteiger partial charge in [0.25, 0.3) is 0 Å². The molecule has 0 aromatic heterocycles. The second kappa shape index (κ2) is 21.0. The Hall–Kier alpha value is -4.40. The fraction of sp³-hybridized carbons (Fsp3) is 0.429. The van der Waals surface area contributed by atoms with Crippen LogP contribution in [0.4, 0.5) is 22.7 Å². The van der Waals surface area contributed by atoms with Gasteiger partial charge in [-0.2, -0.15) is 20.5 Å². The molecule has 0 aliphatic carbocycles. The average Bonchev–Trinajstić information content (AvgIpc) is 3.13. The van der Waals surface area contributed by atoms with Crippen LogP contribution >= 0.6 is 0 Å². The highest BCUT2D eigenvalue weighted by atomic mass is 16.5. The van der Waals surface area contributed by atoms with E-state index in [-0.39, 0.29) is 0 Å². The van der Waals surface area contributed by atoms with Crippen LogP contribution in [-0.4, -0.2) is 76.5 Å². The summed E-state index contributed by atoms with van der Waals surface area (Å²) in [7, 11) is 9.45. The predicted octanol–water partition coefficient (Wildman–Crippen LogP) is 11.2. The lowest BCUT2D eigenvalue weighted by Crippen LogP contribution is -2.41. The zero-order chi connectivity index (χ0) is 35.3. The Labute approximate surface area is 300 Å². The summed E-state index contributed by atoms with van der Waals surface area (Å²) in [4.78, 5) is 0. The molecule has 0 aliphatic rings. The van der Waals surface area contributed by atoms with E-state index in [0.717, 1.165) is 69.3 Å². The van der Waals surface area contributed by atoms with Crippen molar-refractivity contribution in [3.63, 3.8) is 0 Å².